The van der Waals surface area contributed by atoms with Crippen LogP contribution in [-0.2, 0) is 9.53 Å². The van der Waals surface area contributed by atoms with Crippen LogP contribution in [0.25, 0.3) is 0 Å². The summed E-state index contributed by atoms with van der Waals surface area (Å²) in [5.74, 6) is -0.363. The molecule has 0 aromatic rings. The molecule has 3 heteroatoms. The Morgan fingerprint density at radius 1 is 1.29 bits per heavy atom. The minimum atomic E-state index is -0.363. The summed E-state index contributed by atoms with van der Waals surface area (Å²) in [4.78, 5) is 10.7. The second-order valence-electron chi connectivity index (χ2n) is 3.53. The van der Waals surface area contributed by atoms with Crippen molar-refractivity contribution in [2.24, 2.45) is 0 Å². The van der Waals surface area contributed by atoms with Gasteiger partial charge in [-0.15, -0.1) is 0 Å². The Kier molecular flexibility index (Phi) is 11.7. The van der Waals surface area contributed by atoms with Crippen molar-refractivity contribution < 1.29 is 9.53 Å². The molecular weight excluding hydrogens is 214 g/mol. The Balaban J connectivity index is 3.18. The third-order valence-electron chi connectivity index (χ3n) is 2.03. The summed E-state index contributed by atoms with van der Waals surface area (Å²) in [7, 11) is 0. The molecule has 0 aromatic heterocycles. The van der Waals surface area contributed by atoms with Crippen molar-refractivity contribution in [2.45, 2.75) is 26.2 Å². The Morgan fingerprint density at radius 2 is 2.06 bits per heavy atom. The van der Waals surface area contributed by atoms with E-state index in [0.717, 1.165) is 25.8 Å². The summed E-state index contributed by atoms with van der Waals surface area (Å²) in [6.45, 7) is 7.48. The third kappa shape index (κ3) is 12.6. The first-order chi connectivity index (χ1) is 8.31. The summed E-state index contributed by atoms with van der Waals surface area (Å²) in [5.41, 5.74) is 0. The maximum Gasteiger partial charge on any atom is 0.330 e. The Hall–Kier alpha value is -1.35. The number of esters is 1. The molecule has 0 spiro atoms. The lowest BCUT2D eigenvalue weighted by molar-refractivity contribution is -0.137. The summed E-state index contributed by atoms with van der Waals surface area (Å²) in [6.07, 6.45) is 12.8. The Bertz CT molecular complexity index is 257. The zero-order valence-corrected chi connectivity index (χ0v) is 10.7. The van der Waals surface area contributed by atoms with Crippen molar-refractivity contribution >= 4 is 5.97 Å². The maximum absolute atomic E-state index is 10.7. The molecule has 96 valence electrons. The number of carbonyl (C=O) groups excluding carboxylic acids is 1. The quantitative estimate of drug-likeness (QED) is 0.275. The van der Waals surface area contributed by atoms with Gasteiger partial charge in [-0.1, -0.05) is 37.8 Å². The summed E-state index contributed by atoms with van der Waals surface area (Å²) in [6, 6.07) is 0. The lowest BCUT2D eigenvalue weighted by Gasteiger charge is -2.03. The first-order valence-corrected chi connectivity index (χ1v) is 6.12. The number of nitrogens with one attached hydrogen (secondary N) is 1. The van der Waals surface area contributed by atoms with Gasteiger partial charge in [0.05, 0.1) is 0 Å². The normalized spacial score (nSPS) is 11.1. The lowest BCUT2D eigenvalue weighted by Crippen LogP contribution is -2.21. The van der Waals surface area contributed by atoms with E-state index in [-0.39, 0.29) is 5.97 Å². The molecule has 0 heterocycles. The van der Waals surface area contributed by atoms with Gasteiger partial charge in [-0.3, -0.25) is 0 Å². The van der Waals surface area contributed by atoms with Crippen molar-refractivity contribution in [3.05, 3.63) is 37.0 Å². The van der Waals surface area contributed by atoms with Gasteiger partial charge >= 0.3 is 5.97 Å². The molecule has 0 aliphatic carbocycles. The van der Waals surface area contributed by atoms with Gasteiger partial charge < -0.3 is 10.1 Å². The van der Waals surface area contributed by atoms with E-state index in [4.69, 9.17) is 4.74 Å². The van der Waals surface area contributed by atoms with Crippen LogP contribution in [0.1, 0.15) is 26.2 Å². The van der Waals surface area contributed by atoms with Crippen LogP contribution in [0.15, 0.2) is 37.0 Å². The molecule has 0 unspecified atom stereocenters. The fraction of sp³-hybridized carbons (Fsp3) is 0.500. The molecule has 0 saturated carbocycles. The highest BCUT2D eigenvalue weighted by molar-refractivity contribution is 5.81. The molecule has 0 aliphatic heterocycles. The van der Waals surface area contributed by atoms with Crippen LogP contribution in [0, 0.1) is 0 Å². The zero-order valence-electron chi connectivity index (χ0n) is 10.7. The monoisotopic (exact) mass is 237 g/mol. The number of hydrogen-bond acceptors (Lipinski definition) is 3. The van der Waals surface area contributed by atoms with Crippen LogP contribution in [0.2, 0.25) is 0 Å². The Labute approximate surface area is 104 Å². The van der Waals surface area contributed by atoms with Gasteiger partial charge in [0.15, 0.2) is 0 Å². The number of allylic oxidation sites excluding steroid dienone is 4. The smallest absolute Gasteiger partial charge is 0.330 e. The highest BCUT2D eigenvalue weighted by atomic mass is 16.5. The van der Waals surface area contributed by atoms with Crippen molar-refractivity contribution in [1.82, 2.24) is 5.32 Å². The van der Waals surface area contributed by atoms with E-state index in [9.17, 15) is 4.79 Å². The van der Waals surface area contributed by atoms with E-state index >= 15 is 0 Å². The minimum absolute atomic E-state index is 0.363. The topological polar surface area (TPSA) is 38.3 Å². The van der Waals surface area contributed by atoms with Gasteiger partial charge in [-0.2, -0.15) is 0 Å². The lowest BCUT2D eigenvalue weighted by atomic mass is 10.3. The highest BCUT2D eigenvalue weighted by Gasteiger charge is 1.93. The molecule has 3 nitrogen and oxygen atoms in total. The van der Waals surface area contributed by atoms with Crippen molar-refractivity contribution in [3.8, 4) is 0 Å². The standard InChI is InChI=1S/C14H23NO2/c1-3-5-6-7-8-9-10-11-15-12-13-17-14(16)4-2/h4-8,15H,2-3,9-13H2,1H3. The summed E-state index contributed by atoms with van der Waals surface area (Å²) < 4.78 is 4.82. The fourth-order valence-corrected chi connectivity index (χ4v) is 1.14. The molecule has 0 radical (unpaired) electrons. The molecule has 0 bridgehead atoms. The average molecular weight is 237 g/mol. The van der Waals surface area contributed by atoms with Gasteiger partial charge in [0.2, 0.25) is 0 Å². The van der Waals surface area contributed by atoms with Crippen LogP contribution >= 0.6 is 0 Å². The molecule has 1 N–H and O–H groups in total. The number of unbranched alkanes of at least 4 members (excludes halogenated alkanes) is 1. The molecule has 0 fully saturated rings. The first-order valence-electron chi connectivity index (χ1n) is 6.12. The third-order valence-corrected chi connectivity index (χ3v) is 2.03. The van der Waals surface area contributed by atoms with E-state index in [0.29, 0.717) is 13.2 Å². The van der Waals surface area contributed by atoms with Gasteiger partial charge in [-0.25, -0.2) is 4.79 Å². The van der Waals surface area contributed by atoms with Crippen LogP contribution in [0.3, 0.4) is 0 Å². The van der Waals surface area contributed by atoms with Crippen LogP contribution in [0.5, 0.6) is 0 Å². The van der Waals surface area contributed by atoms with Crippen LogP contribution in [0.4, 0.5) is 0 Å². The van der Waals surface area contributed by atoms with Crippen molar-refractivity contribution in [3.63, 3.8) is 0 Å². The predicted molar refractivity (Wildman–Crippen MR) is 71.8 cm³/mol. The highest BCUT2D eigenvalue weighted by Crippen LogP contribution is 1.90. The Morgan fingerprint density at radius 3 is 2.76 bits per heavy atom. The van der Waals surface area contributed by atoms with Gasteiger partial charge in [0.25, 0.3) is 0 Å². The molecule has 0 atom stereocenters. The van der Waals surface area contributed by atoms with Gasteiger partial charge in [0.1, 0.15) is 6.61 Å². The van der Waals surface area contributed by atoms with Crippen molar-refractivity contribution in [2.75, 3.05) is 19.7 Å². The van der Waals surface area contributed by atoms with Crippen molar-refractivity contribution in [1.29, 1.82) is 0 Å². The van der Waals surface area contributed by atoms with E-state index in [1.165, 1.54) is 6.08 Å². The fourth-order valence-electron chi connectivity index (χ4n) is 1.14. The second kappa shape index (κ2) is 12.7. The second-order valence-corrected chi connectivity index (χ2v) is 3.53. The summed E-state index contributed by atoms with van der Waals surface area (Å²) in [5, 5.41) is 3.20. The average Bonchev–Trinajstić information content (AvgIpc) is 2.35. The molecule has 0 aliphatic rings. The molecule has 17 heavy (non-hydrogen) atoms. The zero-order chi connectivity index (χ0) is 12.8. The first kappa shape index (κ1) is 15.7. The molecular formula is C14H23NO2. The molecule has 0 saturated heterocycles. The number of carbonyl (C=O) groups is 1. The number of ether oxygens (including phenoxy) is 1. The minimum Gasteiger partial charge on any atom is -0.461 e. The maximum atomic E-state index is 10.7. The van der Waals surface area contributed by atoms with Gasteiger partial charge in [0, 0.05) is 12.6 Å². The van der Waals surface area contributed by atoms with E-state index in [1.807, 2.05) is 0 Å². The van der Waals surface area contributed by atoms with Crippen LogP contribution in [-0.4, -0.2) is 25.7 Å². The largest absolute Gasteiger partial charge is 0.461 e. The molecule has 0 aromatic carbocycles. The number of rotatable bonds is 10. The van der Waals surface area contributed by atoms with E-state index < -0.39 is 0 Å². The SMILES string of the molecule is C=CC(=O)OCCNCCCC=CC=CCC. The van der Waals surface area contributed by atoms with Gasteiger partial charge in [-0.05, 0) is 25.8 Å². The van der Waals surface area contributed by atoms with Crippen LogP contribution < -0.4 is 5.32 Å². The molecule has 0 rings (SSSR count). The van der Waals surface area contributed by atoms with E-state index in [2.05, 4.69) is 43.1 Å². The number of hydrogen-bond donors (Lipinski definition) is 1. The van der Waals surface area contributed by atoms with E-state index in [1.54, 1.807) is 0 Å². The molecule has 0 amide bonds. The summed E-state index contributed by atoms with van der Waals surface area (Å²) >= 11 is 0. The predicted octanol–water partition coefficient (Wildman–Crippen LogP) is 2.61.